The lowest BCUT2D eigenvalue weighted by Gasteiger charge is -2.02. The lowest BCUT2D eigenvalue weighted by molar-refractivity contribution is -0.667. The Bertz CT molecular complexity index is 952. The van der Waals surface area contributed by atoms with Crippen LogP contribution in [0.3, 0.4) is 0 Å². The minimum atomic E-state index is -0.0867. The highest BCUT2D eigenvalue weighted by atomic mass is 79.9. The number of nitrogen functional groups attached to an aromatic ring is 1. The first-order valence-electron chi connectivity index (χ1n) is 7.76. The fourth-order valence-corrected chi connectivity index (χ4v) is 2.95. The highest BCUT2D eigenvalue weighted by Crippen LogP contribution is 2.23. The molecule has 26 heavy (non-hydrogen) atoms. The number of imidazole rings is 1. The summed E-state index contributed by atoms with van der Waals surface area (Å²) in [7, 11) is 1.88. The van der Waals surface area contributed by atoms with E-state index in [4.69, 9.17) is 28.9 Å². The maximum Gasteiger partial charge on any atom is 0.355 e. The predicted molar refractivity (Wildman–Crippen MR) is 101 cm³/mol. The molecular formula is C19H18BrCl2N3O. The van der Waals surface area contributed by atoms with Crippen molar-refractivity contribution >= 4 is 34.9 Å². The van der Waals surface area contributed by atoms with Gasteiger partial charge in [-0.15, -0.1) is 0 Å². The summed E-state index contributed by atoms with van der Waals surface area (Å²) in [5, 5.41) is 0.783. The van der Waals surface area contributed by atoms with Crippen LogP contribution in [0.1, 0.15) is 15.9 Å². The SMILES string of the molecule is Cc1ccc(-c2c[n+](CC(=O)c3ccc(Cl)c(Cl)c3)c(N)n2C)cc1.[Br-]. The second-order valence-electron chi connectivity index (χ2n) is 5.98. The lowest BCUT2D eigenvalue weighted by atomic mass is 10.1. The average Bonchev–Trinajstić information content (AvgIpc) is 2.86. The Morgan fingerprint density at radius 3 is 2.38 bits per heavy atom. The number of anilines is 1. The summed E-state index contributed by atoms with van der Waals surface area (Å²) in [4.78, 5) is 12.5. The zero-order valence-corrected chi connectivity index (χ0v) is 17.4. The van der Waals surface area contributed by atoms with Gasteiger partial charge in [0, 0.05) is 11.1 Å². The Hall–Kier alpha value is -1.82. The third-order valence-electron chi connectivity index (χ3n) is 4.18. The van der Waals surface area contributed by atoms with Gasteiger partial charge in [-0.3, -0.25) is 10.5 Å². The van der Waals surface area contributed by atoms with Crippen LogP contribution in [0.25, 0.3) is 11.3 Å². The Morgan fingerprint density at radius 2 is 1.77 bits per heavy atom. The second-order valence-corrected chi connectivity index (χ2v) is 6.79. The summed E-state index contributed by atoms with van der Waals surface area (Å²) in [5.74, 6) is 0.417. The number of benzene rings is 2. The molecule has 1 heterocycles. The van der Waals surface area contributed by atoms with E-state index in [1.54, 1.807) is 22.8 Å². The van der Waals surface area contributed by atoms with Crippen molar-refractivity contribution in [2.75, 3.05) is 5.73 Å². The Morgan fingerprint density at radius 1 is 1.12 bits per heavy atom. The summed E-state index contributed by atoms with van der Waals surface area (Å²) in [6.07, 6.45) is 1.88. The average molecular weight is 455 g/mol. The van der Waals surface area contributed by atoms with Gasteiger partial charge in [0.2, 0.25) is 0 Å². The largest absolute Gasteiger partial charge is 1.00 e. The molecule has 0 atom stereocenters. The Labute approximate surface area is 172 Å². The van der Waals surface area contributed by atoms with Crippen LogP contribution in [-0.4, -0.2) is 10.4 Å². The molecule has 4 nitrogen and oxygen atoms in total. The molecule has 7 heteroatoms. The van der Waals surface area contributed by atoms with E-state index in [2.05, 4.69) is 0 Å². The predicted octanol–water partition coefficient (Wildman–Crippen LogP) is 1.06. The van der Waals surface area contributed by atoms with E-state index < -0.39 is 0 Å². The summed E-state index contributed by atoms with van der Waals surface area (Å²) >= 11 is 11.9. The number of nitrogens with zero attached hydrogens (tertiary/aromatic N) is 2. The van der Waals surface area contributed by atoms with Crippen LogP contribution in [0.5, 0.6) is 0 Å². The quantitative estimate of drug-likeness (QED) is 0.473. The van der Waals surface area contributed by atoms with Crippen molar-refractivity contribution in [3.05, 3.63) is 69.8 Å². The van der Waals surface area contributed by atoms with Crippen LogP contribution < -0.4 is 27.3 Å². The fourth-order valence-electron chi connectivity index (χ4n) is 2.65. The smallest absolute Gasteiger partial charge is 0.355 e. The van der Waals surface area contributed by atoms with E-state index in [1.165, 1.54) is 5.56 Å². The molecule has 0 spiro atoms. The van der Waals surface area contributed by atoms with Crippen molar-refractivity contribution in [1.82, 2.24) is 4.57 Å². The maximum absolute atomic E-state index is 12.5. The minimum absolute atomic E-state index is 0. The van der Waals surface area contributed by atoms with Crippen LogP contribution in [0.15, 0.2) is 48.7 Å². The number of ketones is 1. The molecule has 0 radical (unpaired) electrons. The number of Topliss-reactive ketones (excluding diaryl/α,β-unsaturated/α-hetero) is 1. The summed E-state index contributed by atoms with van der Waals surface area (Å²) in [6, 6.07) is 13.0. The van der Waals surface area contributed by atoms with Crippen LogP contribution in [0, 0.1) is 6.92 Å². The van der Waals surface area contributed by atoms with Crippen molar-refractivity contribution in [3.8, 4) is 11.3 Å². The first-order valence-corrected chi connectivity index (χ1v) is 8.52. The summed E-state index contributed by atoms with van der Waals surface area (Å²) in [5.41, 5.74) is 9.85. The van der Waals surface area contributed by atoms with Crippen molar-refractivity contribution in [3.63, 3.8) is 0 Å². The van der Waals surface area contributed by atoms with Crippen LogP contribution >= 0.6 is 23.2 Å². The van der Waals surface area contributed by atoms with Crippen LogP contribution in [0.2, 0.25) is 10.0 Å². The van der Waals surface area contributed by atoms with Gasteiger partial charge in [-0.25, -0.2) is 9.13 Å². The molecule has 0 aliphatic heterocycles. The van der Waals surface area contributed by atoms with E-state index in [-0.39, 0.29) is 29.3 Å². The number of aromatic nitrogens is 2. The lowest BCUT2D eigenvalue weighted by Crippen LogP contribution is -3.00. The molecule has 1 aromatic heterocycles. The number of nitrogens with two attached hydrogens (primary N) is 1. The van der Waals surface area contributed by atoms with Gasteiger partial charge in [0.1, 0.15) is 18.4 Å². The van der Waals surface area contributed by atoms with Gasteiger partial charge in [-0.05, 0) is 25.1 Å². The molecule has 136 valence electrons. The van der Waals surface area contributed by atoms with Gasteiger partial charge >= 0.3 is 5.95 Å². The minimum Gasteiger partial charge on any atom is -1.00 e. The Kier molecular flexibility index (Phi) is 6.50. The molecule has 0 unspecified atom stereocenters. The van der Waals surface area contributed by atoms with Crippen molar-refractivity contribution < 1.29 is 26.3 Å². The maximum atomic E-state index is 12.5. The molecule has 2 aromatic carbocycles. The van der Waals surface area contributed by atoms with Gasteiger partial charge in [-0.2, -0.15) is 0 Å². The van der Waals surface area contributed by atoms with E-state index >= 15 is 0 Å². The molecule has 0 fully saturated rings. The number of aryl methyl sites for hydroxylation is 1. The van der Waals surface area contributed by atoms with E-state index in [0.29, 0.717) is 21.6 Å². The number of halogens is 3. The molecular weight excluding hydrogens is 437 g/mol. The third-order valence-corrected chi connectivity index (χ3v) is 4.92. The number of rotatable bonds is 4. The molecule has 0 saturated carbocycles. The van der Waals surface area contributed by atoms with E-state index in [0.717, 1.165) is 11.3 Å². The van der Waals surface area contributed by atoms with Gasteiger partial charge in [0.15, 0.2) is 5.78 Å². The standard InChI is InChI=1S/C19H17Cl2N3O.BrH/c1-12-3-5-13(6-4-12)17-10-24(19(22)23(17)2)11-18(25)14-7-8-15(20)16(21)9-14;/h3-10,22H,11H2,1-2H3;1H. The first-order chi connectivity index (χ1) is 11.9. The first kappa shape index (κ1) is 20.5. The van der Waals surface area contributed by atoms with Gasteiger partial charge in [0.05, 0.1) is 17.1 Å². The molecule has 0 aliphatic rings. The molecule has 3 aromatic rings. The number of hydrogen-bond donors (Lipinski definition) is 1. The number of hydrogen-bond acceptors (Lipinski definition) is 2. The topological polar surface area (TPSA) is 51.9 Å². The van der Waals surface area contributed by atoms with Crippen molar-refractivity contribution in [1.29, 1.82) is 0 Å². The second kappa shape index (κ2) is 8.25. The fraction of sp³-hybridized carbons (Fsp3) is 0.158. The van der Waals surface area contributed by atoms with Crippen molar-refractivity contribution in [2.45, 2.75) is 13.5 Å². The van der Waals surface area contributed by atoms with Crippen LogP contribution in [-0.2, 0) is 13.6 Å². The number of carbonyl (C=O) groups excluding carboxylic acids is 1. The molecule has 0 aliphatic carbocycles. The number of carbonyl (C=O) groups is 1. The van der Waals surface area contributed by atoms with Gasteiger partial charge < -0.3 is 17.0 Å². The highest BCUT2D eigenvalue weighted by molar-refractivity contribution is 6.42. The zero-order valence-electron chi connectivity index (χ0n) is 14.3. The molecule has 0 bridgehead atoms. The Balaban J connectivity index is 0.00000243. The van der Waals surface area contributed by atoms with Crippen LogP contribution in [0.4, 0.5) is 5.95 Å². The molecule has 0 amide bonds. The normalized spacial score (nSPS) is 10.5. The van der Waals surface area contributed by atoms with E-state index in [9.17, 15) is 4.79 Å². The summed E-state index contributed by atoms with van der Waals surface area (Å²) in [6.45, 7) is 2.17. The highest BCUT2D eigenvalue weighted by Gasteiger charge is 2.20. The van der Waals surface area contributed by atoms with Gasteiger partial charge in [-0.1, -0.05) is 53.0 Å². The van der Waals surface area contributed by atoms with E-state index in [1.807, 2.05) is 49.0 Å². The zero-order chi connectivity index (χ0) is 18.1. The van der Waals surface area contributed by atoms with Crippen molar-refractivity contribution in [2.24, 2.45) is 7.05 Å². The monoisotopic (exact) mass is 453 g/mol. The van der Waals surface area contributed by atoms with Gasteiger partial charge in [0.25, 0.3) is 0 Å². The summed E-state index contributed by atoms with van der Waals surface area (Å²) < 4.78 is 3.60. The molecule has 3 rings (SSSR count). The third kappa shape index (κ3) is 4.11. The molecule has 2 N–H and O–H groups in total. The molecule has 0 saturated heterocycles.